The molecular weight excluding hydrogens is 480 g/mol. The molecule has 0 saturated carbocycles. The molecule has 2 aliphatic rings. The fourth-order valence-corrected chi connectivity index (χ4v) is 6.63. The van der Waals surface area contributed by atoms with Crippen LogP contribution in [0.5, 0.6) is 0 Å². The van der Waals surface area contributed by atoms with Crippen LogP contribution in [0.3, 0.4) is 0 Å². The molecule has 1 N–H and O–H groups in total. The Morgan fingerprint density at radius 1 is 1.11 bits per heavy atom. The Morgan fingerprint density at radius 3 is 2.51 bits per heavy atom. The van der Waals surface area contributed by atoms with Crippen LogP contribution < -0.4 is 5.32 Å². The van der Waals surface area contributed by atoms with E-state index in [1.54, 1.807) is 18.7 Å². The molecule has 1 aromatic heterocycles. The summed E-state index contributed by atoms with van der Waals surface area (Å²) in [4.78, 5) is 27.1. The number of hydrogen-bond donors (Lipinski definition) is 1. The third-order valence-corrected chi connectivity index (χ3v) is 8.72. The van der Waals surface area contributed by atoms with Gasteiger partial charge in [-0.1, -0.05) is 0 Å². The summed E-state index contributed by atoms with van der Waals surface area (Å²) in [6, 6.07) is 2.84. The second-order valence-corrected chi connectivity index (χ2v) is 10.9. The maximum atomic E-state index is 13.9. The van der Waals surface area contributed by atoms with Gasteiger partial charge < -0.3 is 10.2 Å². The van der Waals surface area contributed by atoms with Gasteiger partial charge in [-0.15, -0.1) is 0 Å². The number of piperidine rings is 1. The molecule has 2 amide bonds. The number of nitrogens with one attached hydrogen (secondary N) is 1. The number of nitrogens with zero attached hydrogens (tertiary/aromatic N) is 4. The molecule has 0 spiro atoms. The molecule has 1 aromatic carbocycles. The number of sulfonamides is 1. The lowest BCUT2D eigenvalue weighted by Gasteiger charge is -2.31. The van der Waals surface area contributed by atoms with Crippen molar-refractivity contribution in [1.82, 2.24) is 19.0 Å². The number of benzene rings is 1. The molecule has 35 heavy (non-hydrogen) atoms. The highest BCUT2D eigenvalue weighted by Gasteiger charge is 2.37. The predicted octanol–water partition coefficient (Wildman–Crippen LogP) is 2.44. The van der Waals surface area contributed by atoms with Gasteiger partial charge in [-0.05, 0) is 51.7 Å². The monoisotopic (exact) mass is 509 g/mol. The van der Waals surface area contributed by atoms with Gasteiger partial charge in [0, 0.05) is 32.2 Å². The zero-order chi connectivity index (χ0) is 25.3. The fraction of sp³-hybridized carbons (Fsp3) is 0.522. The fourth-order valence-electron chi connectivity index (χ4n) is 4.73. The minimum absolute atomic E-state index is 0.0313. The molecule has 2 saturated heterocycles. The Balaban J connectivity index is 1.49. The third kappa shape index (κ3) is 5.22. The van der Waals surface area contributed by atoms with Crippen molar-refractivity contribution in [2.45, 2.75) is 51.0 Å². The molecule has 1 unspecified atom stereocenters. The van der Waals surface area contributed by atoms with Crippen LogP contribution in [-0.2, 0) is 26.2 Å². The summed E-state index contributed by atoms with van der Waals surface area (Å²) in [5.74, 6) is -2.99. The van der Waals surface area contributed by atoms with Gasteiger partial charge in [-0.25, -0.2) is 17.2 Å². The molecule has 9 nitrogen and oxygen atoms in total. The Bertz CT molecular complexity index is 1240. The number of rotatable bonds is 6. The summed E-state index contributed by atoms with van der Waals surface area (Å²) < 4.78 is 56.9. The Morgan fingerprint density at radius 2 is 1.83 bits per heavy atom. The second kappa shape index (κ2) is 10.0. The Labute approximate surface area is 203 Å². The Kier molecular flexibility index (Phi) is 7.22. The quantitative estimate of drug-likeness (QED) is 0.644. The number of aryl methyl sites for hydroxylation is 1. The summed E-state index contributed by atoms with van der Waals surface area (Å²) in [6.45, 7) is 4.72. The van der Waals surface area contributed by atoms with E-state index in [4.69, 9.17) is 0 Å². The minimum Gasteiger partial charge on any atom is -0.341 e. The molecule has 4 rings (SSSR count). The number of carbonyl (C=O) groups excluding carboxylic acids is 2. The van der Waals surface area contributed by atoms with Gasteiger partial charge in [0.05, 0.1) is 23.0 Å². The minimum atomic E-state index is -3.99. The van der Waals surface area contributed by atoms with Crippen LogP contribution >= 0.6 is 0 Å². The zero-order valence-electron chi connectivity index (χ0n) is 19.8. The molecule has 1 atom stereocenters. The van der Waals surface area contributed by atoms with E-state index < -0.39 is 33.5 Å². The van der Waals surface area contributed by atoms with Crippen molar-refractivity contribution in [3.05, 3.63) is 41.2 Å². The first kappa shape index (κ1) is 25.2. The average molecular weight is 510 g/mol. The first-order valence-electron chi connectivity index (χ1n) is 11.7. The van der Waals surface area contributed by atoms with E-state index in [-0.39, 0.29) is 41.8 Å². The molecule has 2 fully saturated rings. The topological polar surface area (TPSA) is 105 Å². The van der Waals surface area contributed by atoms with Crippen LogP contribution in [0.25, 0.3) is 0 Å². The van der Waals surface area contributed by atoms with Gasteiger partial charge in [0.15, 0.2) is 0 Å². The maximum Gasteiger partial charge on any atom is 0.246 e. The van der Waals surface area contributed by atoms with Gasteiger partial charge in [0.1, 0.15) is 23.1 Å². The summed E-state index contributed by atoms with van der Waals surface area (Å²) in [7, 11) is -3.99. The molecular formula is C23H29F2N5O4S. The predicted molar refractivity (Wildman–Crippen MR) is 124 cm³/mol. The van der Waals surface area contributed by atoms with Crippen molar-refractivity contribution in [3.63, 3.8) is 0 Å². The number of likely N-dealkylation sites (tertiary alicyclic amines) is 1. The van der Waals surface area contributed by atoms with E-state index in [1.807, 2.05) is 0 Å². The van der Waals surface area contributed by atoms with Gasteiger partial charge in [0.2, 0.25) is 21.8 Å². The number of carbonyl (C=O) groups is 2. The van der Waals surface area contributed by atoms with Crippen LogP contribution in [0.4, 0.5) is 14.5 Å². The zero-order valence-corrected chi connectivity index (χ0v) is 20.6. The SMILES string of the molecule is Cc1nn(CC(=O)N2CCCC2)c(C)c1S(=O)(=O)N1CCCC(C(=O)Nc2ccc(F)cc2F)C1. The highest BCUT2D eigenvalue weighted by atomic mass is 32.2. The summed E-state index contributed by atoms with van der Waals surface area (Å²) >= 11 is 0. The number of aromatic nitrogens is 2. The van der Waals surface area contributed by atoms with Crippen molar-refractivity contribution < 1.29 is 26.8 Å². The van der Waals surface area contributed by atoms with Crippen molar-refractivity contribution in [1.29, 1.82) is 0 Å². The van der Waals surface area contributed by atoms with Gasteiger partial charge >= 0.3 is 0 Å². The van der Waals surface area contributed by atoms with Crippen LogP contribution in [0.1, 0.15) is 37.1 Å². The summed E-state index contributed by atoms with van der Waals surface area (Å²) in [6.07, 6.45) is 2.80. The molecule has 2 aliphatic heterocycles. The second-order valence-electron chi connectivity index (χ2n) is 9.06. The van der Waals surface area contributed by atoms with E-state index in [9.17, 15) is 26.8 Å². The van der Waals surface area contributed by atoms with E-state index in [2.05, 4.69) is 10.4 Å². The number of anilines is 1. The first-order valence-corrected chi connectivity index (χ1v) is 13.1. The van der Waals surface area contributed by atoms with Crippen LogP contribution in [0.2, 0.25) is 0 Å². The first-order chi connectivity index (χ1) is 16.6. The number of amides is 2. The lowest BCUT2D eigenvalue weighted by molar-refractivity contribution is -0.131. The molecule has 0 bridgehead atoms. The normalized spacial score (nSPS) is 19.2. The van der Waals surface area contributed by atoms with Crippen LogP contribution in [0.15, 0.2) is 23.1 Å². The van der Waals surface area contributed by atoms with E-state index in [0.717, 1.165) is 25.0 Å². The molecule has 3 heterocycles. The summed E-state index contributed by atoms with van der Waals surface area (Å²) in [5.41, 5.74) is 0.499. The maximum absolute atomic E-state index is 13.9. The molecule has 2 aromatic rings. The highest BCUT2D eigenvalue weighted by Crippen LogP contribution is 2.29. The van der Waals surface area contributed by atoms with Crippen molar-refractivity contribution in [3.8, 4) is 0 Å². The number of halogens is 2. The molecule has 12 heteroatoms. The standard InChI is InChI=1S/C23H29F2N5O4S/c1-15-22(16(2)30(27-15)14-21(31)28-9-3-4-10-28)35(33,34)29-11-5-6-17(13-29)23(32)26-20-8-7-18(24)12-19(20)25/h7-8,12,17H,3-6,9-11,13-14H2,1-2H3,(H,26,32). The van der Waals surface area contributed by atoms with Gasteiger partial charge in [0.25, 0.3) is 0 Å². The summed E-state index contributed by atoms with van der Waals surface area (Å²) in [5, 5.41) is 6.75. The third-order valence-electron chi connectivity index (χ3n) is 6.60. The van der Waals surface area contributed by atoms with Crippen LogP contribution in [0, 0.1) is 31.4 Å². The molecule has 190 valence electrons. The van der Waals surface area contributed by atoms with E-state index in [0.29, 0.717) is 37.7 Å². The highest BCUT2D eigenvalue weighted by molar-refractivity contribution is 7.89. The number of hydrogen-bond acceptors (Lipinski definition) is 5. The van der Waals surface area contributed by atoms with Crippen molar-refractivity contribution >= 4 is 27.5 Å². The lowest BCUT2D eigenvalue weighted by Crippen LogP contribution is -2.44. The lowest BCUT2D eigenvalue weighted by atomic mass is 9.98. The van der Waals surface area contributed by atoms with Crippen molar-refractivity contribution in [2.75, 3.05) is 31.5 Å². The van der Waals surface area contributed by atoms with E-state index in [1.165, 1.54) is 8.99 Å². The largest absolute Gasteiger partial charge is 0.341 e. The smallest absolute Gasteiger partial charge is 0.246 e. The van der Waals surface area contributed by atoms with Gasteiger partial charge in [-0.3, -0.25) is 14.3 Å². The van der Waals surface area contributed by atoms with Crippen LogP contribution in [-0.4, -0.2) is 65.4 Å². The van der Waals surface area contributed by atoms with Gasteiger partial charge in [-0.2, -0.15) is 9.40 Å². The molecule has 0 radical (unpaired) electrons. The Hall–Kier alpha value is -2.86. The molecule has 0 aliphatic carbocycles. The van der Waals surface area contributed by atoms with E-state index >= 15 is 0 Å². The average Bonchev–Trinajstić information content (AvgIpc) is 3.44. The van der Waals surface area contributed by atoms with Crippen molar-refractivity contribution in [2.24, 2.45) is 5.92 Å².